The van der Waals surface area contributed by atoms with Crippen LogP contribution in [0.2, 0.25) is 0 Å². The van der Waals surface area contributed by atoms with E-state index in [1.54, 1.807) is 0 Å². The molecule has 0 aliphatic carbocycles. The van der Waals surface area contributed by atoms with Crippen LogP contribution >= 0.6 is 11.8 Å². The van der Waals surface area contributed by atoms with Gasteiger partial charge in [0.1, 0.15) is 7.85 Å². The van der Waals surface area contributed by atoms with Crippen LogP contribution in [-0.4, -0.2) is 31.0 Å². The third-order valence-electron chi connectivity index (χ3n) is 3.49. The average Bonchev–Trinajstić information content (AvgIpc) is 2.38. The lowest BCUT2D eigenvalue weighted by Crippen LogP contribution is -2.34. The molecule has 0 amide bonds. The summed E-state index contributed by atoms with van der Waals surface area (Å²) in [4.78, 5) is 0. The van der Waals surface area contributed by atoms with Crippen molar-refractivity contribution in [3.8, 4) is 0 Å². The van der Waals surface area contributed by atoms with Gasteiger partial charge in [-0.3, -0.25) is 0 Å². The summed E-state index contributed by atoms with van der Waals surface area (Å²) in [6.07, 6.45) is 4.25. The van der Waals surface area contributed by atoms with Gasteiger partial charge in [0.05, 0.1) is 5.60 Å². The highest BCUT2D eigenvalue weighted by molar-refractivity contribution is 7.99. The summed E-state index contributed by atoms with van der Waals surface area (Å²) in [5, 5.41) is 0.458. The Morgan fingerprint density at radius 2 is 1.92 bits per heavy atom. The zero-order valence-electron chi connectivity index (χ0n) is 9.04. The Labute approximate surface area is 87.4 Å². The maximum absolute atomic E-state index is 5.96. The molecule has 0 aromatic rings. The second kappa shape index (κ2) is 4.27. The summed E-state index contributed by atoms with van der Waals surface area (Å²) in [6, 6.07) is -0.0788. The predicted molar refractivity (Wildman–Crippen MR) is 60.4 cm³/mol. The minimum Gasteiger partial charge on any atom is -0.380 e. The van der Waals surface area contributed by atoms with Crippen molar-refractivity contribution in [3.63, 3.8) is 0 Å². The number of thioether (sulfide) groups is 1. The Morgan fingerprint density at radius 3 is 2.15 bits per heavy atom. The number of hydrogen-bond acceptors (Lipinski definition) is 2. The van der Waals surface area contributed by atoms with Gasteiger partial charge in [0.25, 0.3) is 0 Å². The SMILES string of the molecule is [B]C1OC(CC)(CC)C(C)C1SC. The lowest BCUT2D eigenvalue weighted by molar-refractivity contribution is -0.0369. The van der Waals surface area contributed by atoms with Gasteiger partial charge >= 0.3 is 0 Å². The first-order valence-corrected chi connectivity index (χ1v) is 6.36. The monoisotopic (exact) mass is 198 g/mol. The molecule has 2 radical (unpaired) electrons. The third-order valence-corrected chi connectivity index (χ3v) is 4.71. The van der Waals surface area contributed by atoms with Crippen molar-refractivity contribution < 1.29 is 4.74 Å². The van der Waals surface area contributed by atoms with E-state index in [2.05, 4.69) is 27.0 Å². The van der Waals surface area contributed by atoms with Crippen LogP contribution in [0.1, 0.15) is 33.6 Å². The molecular weight excluding hydrogens is 179 g/mol. The summed E-state index contributed by atoms with van der Waals surface area (Å²) in [6.45, 7) is 6.64. The number of hydrogen-bond donors (Lipinski definition) is 0. The predicted octanol–water partition coefficient (Wildman–Crippen LogP) is 2.44. The summed E-state index contributed by atoms with van der Waals surface area (Å²) < 4.78 is 5.92. The Balaban J connectivity index is 2.80. The lowest BCUT2D eigenvalue weighted by atomic mass is 9.82. The van der Waals surface area contributed by atoms with Gasteiger partial charge in [0.2, 0.25) is 0 Å². The van der Waals surface area contributed by atoms with Crippen molar-refractivity contribution in [1.82, 2.24) is 0 Å². The molecule has 0 aromatic heterocycles. The van der Waals surface area contributed by atoms with Crippen molar-refractivity contribution in [2.75, 3.05) is 6.26 Å². The molecule has 0 aromatic carbocycles. The van der Waals surface area contributed by atoms with E-state index in [-0.39, 0.29) is 11.6 Å². The Hall–Kier alpha value is 0.375. The van der Waals surface area contributed by atoms with Crippen LogP contribution in [-0.2, 0) is 4.74 Å². The van der Waals surface area contributed by atoms with E-state index in [1.807, 2.05) is 11.8 Å². The molecule has 1 nitrogen and oxygen atoms in total. The van der Waals surface area contributed by atoms with Crippen molar-refractivity contribution in [2.24, 2.45) is 5.92 Å². The molecule has 74 valence electrons. The molecule has 1 aliphatic heterocycles. The Morgan fingerprint density at radius 1 is 1.38 bits per heavy atom. The van der Waals surface area contributed by atoms with Gasteiger partial charge in [0.15, 0.2) is 0 Å². The molecule has 0 spiro atoms. The summed E-state index contributed by atoms with van der Waals surface area (Å²) in [5.74, 6) is 0.562. The van der Waals surface area contributed by atoms with Crippen LogP contribution in [0, 0.1) is 5.92 Å². The highest BCUT2D eigenvalue weighted by atomic mass is 32.2. The van der Waals surface area contributed by atoms with Gasteiger partial charge < -0.3 is 4.74 Å². The third kappa shape index (κ3) is 1.78. The van der Waals surface area contributed by atoms with Gasteiger partial charge in [0, 0.05) is 11.3 Å². The largest absolute Gasteiger partial charge is 0.380 e. The standard InChI is InChI=1S/C10H19BOS/c1-5-10(6-2)7(3)8(13-4)9(11)12-10/h7-9H,5-6H2,1-4H3. The fraction of sp³-hybridized carbons (Fsp3) is 1.00. The van der Waals surface area contributed by atoms with Gasteiger partial charge in [-0.05, 0) is 25.0 Å². The molecule has 13 heavy (non-hydrogen) atoms. The van der Waals surface area contributed by atoms with Crippen molar-refractivity contribution in [2.45, 2.75) is 50.5 Å². The molecule has 1 rings (SSSR count). The first-order valence-electron chi connectivity index (χ1n) is 5.07. The Bertz CT molecular complexity index is 170. The molecule has 3 atom stereocenters. The van der Waals surface area contributed by atoms with E-state index in [1.165, 1.54) is 0 Å². The quantitative estimate of drug-likeness (QED) is 0.644. The van der Waals surface area contributed by atoms with Gasteiger partial charge in [-0.2, -0.15) is 11.8 Å². The average molecular weight is 198 g/mol. The zero-order chi connectivity index (χ0) is 10.1. The van der Waals surface area contributed by atoms with E-state index in [0.717, 1.165) is 12.8 Å². The van der Waals surface area contributed by atoms with Crippen LogP contribution in [0.4, 0.5) is 0 Å². The fourth-order valence-corrected chi connectivity index (χ4v) is 3.41. The van der Waals surface area contributed by atoms with E-state index in [0.29, 0.717) is 11.2 Å². The second-order valence-corrected chi connectivity index (χ2v) is 4.86. The normalized spacial score (nSPS) is 38.0. The molecule has 1 aliphatic rings. The highest BCUT2D eigenvalue weighted by Crippen LogP contribution is 2.44. The van der Waals surface area contributed by atoms with E-state index in [9.17, 15) is 0 Å². The molecule has 0 saturated carbocycles. The maximum atomic E-state index is 5.96. The molecule has 0 N–H and O–H groups in total. The van der Waals surface area contributed by atoms with Crippen molar-refractivity contribution >= 4 is 19.6 Å². The lowest BCUT2D eigenvalue weighted by Gasteiger charge is -2.31. The van der Waals surface area contributed by atoms with Gasteiger partial charge in [-0.15, -0.1) is 0 Å². The van der Waals surface area contributed by atoms with Crippen LogP contribution in [0.5, 0.6) is 0 Å². The maximum Gasteiger partial charge on any atom is 0.110 e. The van der Waals surface area contributed by atoms with E-state index >= 15 is 0 Å². The zero-order valence-corrected chi connectivity index (χ0v) is 9.86. The highest BCUT2D eigenvalue weighted by Gasteiger charge is 2.47. The summed E-state index contributed by atoms with van der Waals surface area (Å²) in [5.41, 5.74) is 0.0348. The summed E-state index contributed by atoms with van der Waals surface area (Å²) >= 11 is 1.83. The van der Waals surface area contributed by atoms with Gasteiger partial charge in [-0.25, -0.2) is 0 Å². The Kier molecular flexibility index (Phi) is 3.76. The van der Waals surface area contributed by atoms with E-state index < -0.39 is 0 Å². The van der Waals surface area contributed by atoms with E-state index in [4.69, 9.17) is 12.6 Å². The molecular formula is C10H19BOS. The smallest absolute Gasteiger partial charge is 0.110 e. The molecule has 3 unspecified atom stereocenters. The minimum absolute atomic E-state index is 0.0348. The summed E-state index contributed by atoms with van der Waals surface area (Å²) in [7, 11) is 5.96. The fourth-order valence-electron chi connectivity index (χ4n) is 2.43. The molecule has 1 heterocycles. The topological polar surface area (TPSA) is 9.23 Å². The van der Waals surface area contributed by atoms with Crippen LogP contribution in [0.3, 0.4) is 0 Å². The first-order chi connectivity index (χ1) is 6.11. The van der Waals surface area contributed by atoms with Crippen LogP contribution in [0.15, 0.2) is 0 Å². The first kappa shape index (κ1) is 11.4. The molecule has 3 heteroatoms. The van der Waals surface area contributed by atoms with Gasteiger partial charge in [-0.1, -0.05) is 20.8 Å². The van der Waals surface area contributed by atoms with Crippen molar-refractivity contribution in [1.29, 1.82) is 0 Å². The minimum atomic E-state index is -0.0788. The number of ether oxygens (including phenoxy) is 1. The number of rotatable bonds is 3. The van der Waals surface area contributed by atoms with Crippen LogP contribution < -0.4 is 0 Å². The van der Waals surface area contributed by atoms with Crippen molar-refractivity contribution in [3.05, 3.63) is 0 Å². The molecule has 1 saturated heterocycles. The molecule has 1 fully saturated rings. The second-order valence-electron chi connectivity index (χ2n) is 3.84. The van der Waals surface area contributed by atoms with Crippen LogP contribution in [0.25, 0.3) is 0 Å². The molecule has 0 bridgehead atoms.